The summed E-state index contributed by atoms with van der Waals surface area (Å²) >= 11 is 0. The Labute approximate surface area is 351 Å². The van der Waals surface area contributed by atoms with E-state index in [2.05, 4.69) is 36.4 Å². The maximum atomic E-state index is 14.5. The number of nitrogens with zero attached hydrogens (tertiary/aromatic N) is 2. The predicted octanol–water partition coefficient (Wildman–Crippen LogP) is 5.25. The van der Waals surface area contributed by atoms with E-state index in [1.807, 2.05) is 49.4 Å². The van der Waals surface area contributed by atoms with E-state index in [0.29, 0.717) is 36.6 Å². The van der Waals surface area contributed by atoms with Crippen LogP contribution in [0, 0.1) is 18.8 Å². The number of carbonyl (C=O) groups is 4. The highest BCUT2D eigenvalue weighted by Crippen LogP contribution is 2.42. The average Bonchev–Trinajstić information content (AvgIpc) is 3.75. The normalized spacial score (nSPS) is 17.8. The molecule has 1 aliphatic heterocycles. The lowest BCUT2D eigenvalue weighted by Gasteiger charge is -2.28. The Hall–Kier alpha value is -5.39. The molecule has 0 unspecified atom stereocenters. The highest BCUT2D eigenvalue weighted by atomic mass is 35.5. The smallest absolute Gasteiger partial charge is 0.354 e. The molecule has 13 nitrogen and oxygen atoms in total. The number of aromatic nitrogens is 3. The largest absolute Gasteiger partial charge is 0.393 e. The molecule has 1 atom stereocenters. The lowest BCUT2D eigenvalue weighted by atomic mass is 9.81. The van der Waals surface area contributed by atoms with Crippen molar-refractivity contribution < 1.29 is 36.7 Å². The molecule has 1 aromatic heterocycles. The molecule has 6 rings (SSSR count). The molecule has 60 heavy (non-hydrogen) atoms. The van der Waals surface area contributed by atoms with Crippen LogP contribution in [0.2, 0.25) is 0 Å². The molecule has 1 aliphatic carbocycles. The zero-order chi connectivity index (χ0) is 42.3. The molecule has 2 heterocycles. The zero-order valence-corrected chi connectivity index (χ0v) is 34.1. The summed E-state index contributed by atoms with van der Waals surface area (Å²) in [5.74, 6) is -14.9. The second-order valence-electron chi connectivity index (χ2n) is 15.2. The highest BCUT2D eigenvalue weighted by molar-refractivity contribution is 5.98. The van der Waals surface area contributed by atoms with Gasteiger partial charge in [-0.2, -0.15) is 22.7 Å². The van der Waals surface area contributed by atoms with Crippen LogP contribution in [-0.4, -0.2) is 83.5 Å². The minimum absolute atomic E-state index is 0. The van der Waals surface area contributed by atoms with E-state index in [0.717, 1.165) is 68.1 Å². The van der Waals surface area contributed by atoms with Crippen molar-refractivity contribution >= 4 is 41.7 Å². The number of alkyl halides is 4. The third-order valence-electron chi connectivity index (χ3n) is 11.2. The van der Waals surface area contributed by atoms with Gasteiger partial charge in [0.1, 0.15) is 6.04 Å². The molecular weight excluding hydrogens is 806 g/mol. The summed E-state index contributed by atoms with van der Waals surface area (Å²) in [4.78, 5) is 55.2. The van der Waals surface area contributed by atoms with Crippen LogP contribution in [-0.2, 0) is 26.7 Å². The van der Waals surface area contributed by atoms with Crippen molar-refractivity contribution in [2.24, 2.45) is 17.6 Å². The number of hydrogen-bond acceptors (Lipinski definition) is 8. The second-order valence-corrected chi connectivity index (χ2v) is 15.2. The molecule has 3 aromatic carbocycles. The standard InChI is InChI=1S/C42H49F4N9O4.ClH/c1-24-21-30(37(57)50-32-17-19-49-20-18-32)13-16-33(24)27-7-3-25(4-8-27)22-34(52-36(56)29-9-5-26(23-47)6-10-29)38(58)51-31-14-11-28(12-15-31)35-53-39(55-54-35)41(43,44)42(45,46)40(59)48-2;/h3-4,7-8,11-16,21,26,29,32,34,49H,5-6,9-10,17-20,22-23,47H2,1-2H3,(H,48,59)(H,50,57)(H,51,58)(H,52,56)(H,53,54,55);1H/t26-,29-,34-;/m0./s1. The third-order valence-corrected chi connectivity index (χ3v) is 11.2. The number of anilines is 1. The zero-order valence-electron chi connectivity index (χ0n) is 33.3. The van der Waals surface area contributed by atoms with Gasteiger partial charge in [0, 0.05) is 42.2 Å². The molecule has 8 N–H and O–H groups in total. The Bertz CT molecular complexity index is 2120. The Balaban J connectivity index is 0.00000683. The summed E-state index contributed by atoms with van der Waals surface area (Å²) < 4.78 is 57.4. The van der Waals surface area contributed by atoms with Crippen molar-refractivity contribution in [3.63, 3.8) is 0 Å². The van der Waals surface area contributed by atoms with E-state index < -0.39 is 35.5 Å². The summed E-state index contributed by atoms with van der Waals surface area (Å²) in [6.45, 7) is 4.27. The molecule has 322 valence electrons. The lowest BCUT2D eigenvalue weighted by molar-refractivity contribution is -0.218. The van der Waals surface area contributed by atoms with Crippen LogP contribution in [0.4, 0.5) is 23.2 Å². The van der Waals surface area contributed by atoms with Crippen LogP contribution in [0.25, 0.3) is 22.5 Å². The van der Waals surface area contributed by atoms with Gasteiger partial charge >= 0.3 is 11.8 Å². The maximum absolute atomic E-state index is 14.5. The molecule has 0 bridgehead atoms. The van der Waals surface area contributed by atoms with Crippen molar-refractivity contribution in [2.45, 2.75) is 75.8 Å². The number of nitrogens with two attached hydrogens (primary N) is 1. The summed E-state index contributed by atoms with van der Waals surface area (Å²) in [5.41, 5.74) is 10.5. The molecule has 18 heteroatoms. The first kappa shape index (κ1) is 45.7. The Kier molecular flexibility index (Phi) is 15.1. The van der Waals surface area contributed by atoms with Crippen molar-refractivity contribution in [2.75, 3.05) is 32.0 Å². The van der Waals surface area contributed by atoms with Gasteiger partial charge in [-0.1, -0.05) is 30.3 Å². The number of rotatable bonds is 14. The monoisotopic (exact) mass is 855 g/mol. The number of benzene rings is 3. The van der Waals surface area contributed by atoms with E-state index >= 15 is 0 Å². The predicted molar refractivity (Wildman–Crippen MR) is 221 cm³/mol. The first-order valence-corrected chi connectivity index (χ1v) is 19.7. The van der Waals surface area contributed by atoms with Gasteiger partial charge in [0.2, 0.25) is 17.6 Å². The minimum Gasteiger partial charge on any atom is -0.354 e. The van der Waals surface area contributed by atoms with Crippen LogP contribution in [0.3, 0.4) is 0 Å². The average molecular weight is 856 g/mol. The third kappa shape index (κ3) is 10.5. The van der Waals surface area contributed by atoms with Crippen LogP contribution >= 0.6 is 12.4 Å². The molecule has 2 fully saturated rings. The number of H-pyrrole nitrogens is 1. The summed E-state index contributed by atoms with van der Waals surface area (Å²) in [5, 5.41) is 19.1. The van der Waals surface area contributed by atoms with Crippen molar-refractivity contribution in [3.05, 3.63) is 89.2 Å². The lowest BCUT2D eigenvalue weighted by Crippen LogP contribution is -2.50. The highest BCUT2D eigenvalue weighted by Gasteiger charge is 2.65. The van der Waals surface area contributed by atoms with Crippen LogP contribution in [0.1, 0.15) is 65.8 Å². The van der Waals surface area contributed by atoms with Crippen molar-refractivity contribution in [1.82, 2.24) is 36.4 Å². The van der Waals surface area contributed by atoms with E-state index in [1.165, 1.54) is 29.6 Å². The van der Waals surface area contributed by atoms with E-state index in [-0.39, 0.29) is 54.0 Å². The number of halogens is 5. The molecule has 0 spiro atoms. The quantitative estimate of drug-likeness (QED) is 0.0835. The first-order chi connectivity index (χ1) is 28.2. The molecule has 1 saturated heterocycles. The second kappa shape index (κ2) is 19.8. The Morgan fingerprint density at radius 3 is 2.15 bits per heavy atom. The number of carbonyl (C=O) groups excluding carboxylic acids is 4. The van der Waals surface area contributed by atoms with Gasteiger partial charge in [0.15, 0.2) is 5.82 Å². The Morgan fingerprint density at radius 2 is 1.53 bits per heavy atom. The molecule has 4 aromatic rings. The molecule has 2 aliphatic rings. The molecule has 1 saturated carbocycles. The van der Waals surface area contributed by atoms with Crippen LogP contribution in [0.5, 0.6) is 0 Å². The number of aryl methyl sites for hydroxylation is 1. The number of piperidine rings is 1. The summed E-state index contributed by atoms with van der Waals surface area (Å²) in [7, 11) is 0.806. The fraction of sp³-hybridized carbons (Fsp3) is 0.429. The van der Waals surface area contributed by atoms with Crippen molar-refractivity contribution in [3.8, 4) is 22.5 Å². The fourth-order valence-corrected chi connectivity index (χ4v) is 7.49. The van der Waals surface area contributed by atoms with Gasteiger partial charge in [-0.25, -0.2) is 4.98 Å². The van der Waals surface area contributed by atoms with Crippen molar-refractivity contribution in [1.29, 1.82) is 0 Å². The number of nitrogens with one attached hydrogen (secondary N) is 6. The topological polar surface area (TPSA) is 196 Å². The maximum Gasteiger partial charge on any atom is 0.393 e. The minimum atomic E-state index is -5.11. The molecular formula is C42H50ClF4N9O4. The fourth-order valence-electron chi connectivity index (χ4n) is 7.49. The van der Waals surface area contributed by atoms with E-state index in [1.54, 1.807) is 0 Å². The van der Waals surface area contributed by atoms with Gasteiger partial charge in [0.25, 0.3) is 11.8 Å². The van der Waals surface area contributed by atoms with Gasteiger partial charge in [0.05, 0.1) is 0 Å². The SMILES string of the molecule is CNC(=O)C(F)(F)C(F)(F)c1n[nH]c(-c2ccc(NC(=O)[C@H](Cc3ccc(-c4ccc(C(=O)NC5CCNCC5)cc4C)cc3)NC(=O)[C@H]3CC[C@H](CN)CC3)cc2)n1.Cl. The first-order valence-electron chi connectivity index (χ1n) is 19.7. The summed E-state index contributed by atoms with van der Waals surface area (Å²) in [6.07, 6.45) is 4.92. The Morgan fingerprint density at radius 1 is 0.883 bits per heavy atom. The number of aromatic amines is 1. The summed E-state index contributed by atoms with van der Waals surface area (Å²) in [6, 6.07) is 18.2. The van der Waals surface area contributed by atoms with Gasteiger partial charge < -0.3 is 32.3 Å². The van der Waals surface area contributed by atoms with Crippen LogP contribution in [0.15, 0.2) is 66.7 Å². The molecule has 4 amide bonds. The van der Waals surface area contributed by atoms with E-state index in [9.17, 15) is 36.7 Å². The van der Waals surface area contributed by atoms with Crippen LogP contribution < -0.4 is 32.3 Å². The van der Waals surface area contributed by atoms with Gasteiger partial charge in [-0.3, -0.25) is 24.3 Å². The van der Waals surface area contributed by atoms with E-state index in [4.69, 9.17) is 5.73 Å². The molecule has 0 radical (unpaired) electrons. The number of amides is 4. The van der Waals surface area contributed by atoms with Gasteiger partial charge in [-0.15, -0.1) is 12.4 Å². The number of hydrogen-bond donors (Lipinski definition) is 7. The van der Waals surface area contributed by atoms with Gasteiger partial charge in [-0.05, 0) is 130 Å².